The normalized spacial score (nSPS) is 15.3. The van der Waals surface area contributed by atoms with E-state index in [1.165, 1.54) is 0 Å². The minimum absolute atomic E-state index is 0.0204. The van der Waals surface area contributed by atoms with Crippen molar-refractivity contribution in [2.24, 2.45) is 0 Å². The summed E-state index contributed by atoms with van der Waals surface area (Å²) >= 11 is 0. The standard InChI is InChI=1S/C13H21N3O2/c1-5-16(13(2,3)4)12(17)11-9-8-18-7-6-10(9)14-15-11/h5-8H2,1-4H3,(H,14,15). The molecule has 0 fully saturated rings. The first-order valence-electron chi connectivity index (χ1n) is 6.41. The molecule has 0 radical (unpaired) electrons. The van der Waals surface area contributed by atoms with Gasteiger partial charge in [-0.3, -0.25) is 9.89 Å². The SMILES string of the molecule is CCN(C(=O)c1n[nH]c2c1COCC2)C(C)(C)C. The van der Waals surface area contributed by atoms with Crippen LogP contribution in [-0.2, 0) is 17.8 Å². The Morgan fingerprint density at radius 2 is 2.22 bits per heavy atom. The van der Waals surface area contributed by atoms with Gasteiger partial charge in [0.15, 0.2) is 5.69 Å². The van der Waals surface area contributed by atoms with Gasteiger partial charge in [0.2, 0.25) is 0 Å². The van der Waals surface area contributed by atoms with Crippen molar-refractivity contribution in [1.82, 2.24) is 15.1 Å². The molecule has 2 heterocycles. The van der Waals surface area contributed by atoms with Crippen LogP contribution in [0.25, 0.3) is 0 Å². The predicted octanol–water partition coefficient (Wildman–Crippen LogP) is 1.74. The highest BCUT2D eigenvalue weighted by molar-refractivity contribution is 5.94. The molecule has 0 bridgehead atoms. The summed E-state index contributed by atoms with van der Waals surface area (Å²) < 4.78 is 5.41. The number of ether oxygens (including phenoxy) is 1. The number of H-pyrrole nitrogens is 1. The highest BCUT2D eigenvalue weighted by atomic mass is 16.5. The average Bonchev–Trinajstić information content (AvgIpc) is 2.71. The summed E-state index contributed by atoms with van der Waals surface area (Å²) in [7, 11) is 0. The second-order valence-electron chi connectivity index (χ2n) is 5.55. The summed E-state index contributed by atoms with van der Waals surface area (Å²) in [4.78, 5) is 14.4. The third-order valence-electron chi connectivity index (χ3n) is 3.27. The van der Waals surface area contributed by atoms with Gasteiger partial charge in [0, 0.05) is 29.8 Å². The lowest BCUT2D eigenvalue weighted by Crippen LogP contribution is -2.45. The summed E-state index contributed by atoms with van der Waals surface area (Å²) in [6.45, 7) is 9.93. The number of nitrogens with zero attached hydrogens (tertiary/aromatic N) is 2. The Bertz CT molecular complexity index is 446. The molecule has 2 rings (SSSR count). The van der Waals surface area contributed by atoms with E-state index in [0.29, 0.717) is 25.5 Å². The van der Waals surface area contributed by atoms with Crippen LogP contribution in [0.4, 0.5) is 0 Å². The molecule has 0 aliphatic carbocycles. The van der Waals surface area contributed by atoms with Crippen molar-refractivity contribution in [3.05, 3.63) is 17.0 Å². The molecule has 5 nitrogen and oxygen atoms in total. The lowest BCUT2D eigenvalue weighted by atomic mass is 10.0. The fraction of sp³-hybridized carbons (Fsp3) is 0.692. The molecule has 1 N–H and O–H groups in total. The summed E-state index contributed by atoms with van der Waals surface area (Å²) in [5.41, 5.74) is 2.28. The molecule has 5 heteroatoms. The predicted molar refractivity (Wildman–Crippen MR) is 68.4 cm³/mol. The largest absolute Gasteiger partial charge is 0.376 e. The lowest BCUT2D eigenvalue weighted by molar-refractivity contribution is 0.0582. The van der Waals surface area contributed by atoms with Crippen molar-refractivity contribution < 1.29 is 9.53 Å². The molecule has 0 spiro atoms. The zero-order valence-electron chi connectivity index (χ0n) is 11.5. The van der Waals surface area contributed by atoms with E-state index in [9.17, 15) is 4.79 Å². The molecule has 1 aromatic rings. The van der Waals surface area contributed by atoms with Gasteiger partial charge in [-0.15, -0.1) is 0 Å². The van der Waals surface area contributed by atoms with Crippen molar-refractivity contribution in [3.63, 3.8) is 0 Å². The van der Waals surface area contributed by atoms with Crippen molar-refractivity contribution >= 4 is 5.91 Å². The Morgan fingerprint density at radius 1 is 1.50 bits per heavy atom. The van der Waals surface area contributed by atoms with Gasteiger partial charge in [-0.2, -0.15) is 5.10 Å². The molecular formula is C13H21N3O2. The Labute approximate surface area is 108 Å². The zero-order valence-corrected chi connectivity index (χ0v) is 11.5. The van der Waals surface area contributed by atoms with Crippen molar-refractivity contribution in [2.75, 3.05) is 13.2 Å². The Kier molecular flexibility index (Phi) is 3.43. The Hall–Kier alpha value is -1.36. The van der Waals surface area contributed by atoms with Gasteiger partial charge in [0.1, 0.15) is 0 Å². The molecule has 1 aliphatic rings. The number of fused-ring (bicyclic) bond motifs is 1. The van der Waals surface area contributed by atoms with E-state index in [1.54, 1.807) is 0 Å². The summed E-state index contributed by atoms with van der Waals surface area (Å²) in [6, 6.07) is 0. The van der Waals surface area contributed by atoms with Gasteiger partial charge in [0.25, 0.3) is 5.91 Å². The molecule has 100 valence electrons. The summed E-state index contributed by atoms with van der Waals surface area (Å²) in [5, 5.41) is 7.14. The molecule has 0 atom stereocenters. The van der Waals surface area contributed by atoms with Gasteiger partial charge >= 0.3 is 0 Å². The number of carbonyl (C=O) groups is 1. The molecular weight excluding hydrogens is 230 g/mol. The van der Waals surface area contributed by atoms with Crippen molar-refractivity contribution in [3.8, 4) is 0 Å². The van der Waals surface area contributed by atoms with Crippen LogP contribution in [0.5, 0.6) is 0 Å². The minimum Gasteiger partial charge on any atom is -0.376 e. The third kappa shape index (κ3) is 2.27. The number of hydrogen-bond acceptors (Lipinski definition) is 3. The molecule has 1 amide bonds. The van der Waals surface area contributed by atoms with Crippen LogP contribution in [0.2, 0.25) is 0 Å². The minimum atomic E-state index is -0.201. The highest BCUT2D eigenvalue weighted by Crippen LogP contribution is 2.22. The maximum absolute atomic E-state index is 12.5. The smallest absolute Gasteiger partial charge is 0.275 e. The molecule has 1 aromatic heterocycles. The Balaban J connectivity index is 2.31. The quantitative estimate of drug-likeness (QED) is 0.871. The van der Waals surface area contributed by atoms with E-state index in [2.05, 4.69) is 10.2 Å². The number of aromatic nitrogens is 2. The van der Waals surface area contributed by atoms with Gasteiger partial charge in [-0.05, 0) is 27.7 Å². The van der Waals surface area contributed by atoms with Gasteiger partial charge in [-0.1, -0.05) is 0 Å². The second kappa shape index (κ2) is 4.72. The van der Waals surface area contributed by atoms with E-state index in [-0.39, 0.29) is 11.4 Å². The lowest BCUT2D eigenvalue weighted by Gasteiger charge is -2.34. The Morgan fingerprint density at radius 3 is 2.83 bits per heavy atom. The van der Waals surface area contributed by atoms with E-state index in [0.717, 1.165) is 17.7 Å². The van der Waals surface area contributed by atoms with Crippen molar-refractivity contribution in [2.45, 2.75) is 46.3 Å². The second-order valence-corrected chi connectivity index (χ2v) is 5.55. The molecule has 0 aromatic carbocycles. The fourth-order valence-electron chi connectivity index (χ4n) is 2.34. The number of hydrogen-bond donors (Lipinski definition) is 1. The van der Waals surface area contributed by atoms with E-state index < -0.39 is 0 Å². The van der Waals surface area contributed by atoms with Crippen LogP contribution < -0.4 is 0 Å². The summed E-state index contributed by atoms with van der Waals surface area (Å²) in [5.74, 6) is -0.0204. The van der Waals surface area contributed by atoms with Gasteiger partial charge in [0.05, 0.1) is 13.2 Å². The first-order valence-corrected chi connectivity index (χ1v) is 6.41. The molecule has 1 aliphatic heterocycles. The number of rotatable bonds is 2. The fourth-order valence-corrected chi connectivity index (χ4v) is 2.34. The maximum atomic E-state index is 12.5. The van der Waals surface area contributed by atoms with E-state index >= 15 is 0 Å². The van der Waals surface area contributed by atoms with Gasteiger partial charge in [-0.25, -0.2) is 0 Å². The monoisotopic (exact) mass is 251 g/mol. The van der Waals surface area contributed by atoms with Crippen LogP contribution in [0.15, 0.2) is 0 Å². The van der Waals surface area contributed by atoms with Crippen LogP contribution in [0.3, 0.4) is 0 Å². The third-order valence-corrected chi connectivity index (χ3v) is 3.27. The topological polar surface area (TPSA) is 58.2 Å². The van der Waals surface area contributed by atoms with Gasteiger partial charge < -0.3 is 9.64 Å². The van der Waals surface area contributed by atoms with Crippen molar-refractivity contribution in [1.29, 1.82) is 0 Å². The first kappa shape index (κ1) is 13.1. The van der Waals surface area contributed by atoms with Crippen LogP contribution in [-0.4, -0.2) is 39.7 Å². The highest BCUT2D eigenvalue weighted by Gasteiger charge is 2.30. The zero-order chi connectivity index (χ0) is 13.3. The maximum Gasteiger partial charge on any atom is 0.275 e. The van der Waals surface area contributed by atoms with E-state index in [4.69, 9.17) is 4.74 Å². The molecule has 0 saturated heterocycles. The number of carbonyl (C=O) groups excluding carboxylic acids is 1. The number of aromatic amines is 1. The average molecular weight is 251 g/mol. The first-order chi connectivity index (χ1) is 8.45. The molecule has 18 heavy (non-hydrogen) atoms. The van der Waals surface area contributed by atoms with Crippen LogP contribution >= 0.6 is 0 Å². The molecule has 0 saturated carbocycles. The number of nitrogens with one attached hydrogen (secondary N) is 1. The summed E-state index contributed by atoms with van der Waals surface area (Å²) in [6.07, 6.45) is 0.803. The van der Waals surface area contributed by atoms with Crippen LogP contribution in [0.1, 0.15) is 49.4 Å². The van der Waals surface area contributed by atoms with Crippen LogP contribution in [0, 0.1) is 0 Å². The van der Waals surface area contributed by atoms with E-state index in [1.807, 2.05) is 32.6 Å². The molecule has 0 unspecified atom stereocenters. The number of amides is 1.